The fourth-order valence-electron chi connectivity index (χ4n) is 7.93. The summed E-state index contributed by atoms with van der Waals surface area (Å²) in [6.45, 7) is 4.38. The Morgan fingerprint density at radius 3 is 1.93 bits per heavy atom. The molecule has 2 unspecified atom stereocenters. The summed E-state index contributed by atoms with van der Waals surface area (Å²) in [5.41, 5.74) is 3.08. The van der Waals surface area contributed by atoms with Gasteiger partial charge in [-0.3, -0.25) is 10.2 Å². The molecule has 2 aliphatic heterocycles. The van der Waals surface area contributed by atoms with Crippen LogP contribution in [-0.2, 0) is 60.8 Å². The number of hydrogen-bond acceptors (Lipinski definition) is 16. The van der Waals surface area contributed by atoms with Crippen molar-refractivity contribution >= 4 is 63.5 Å². The number of nitrogens with two attached hydrogens (primary N) is 1. The number of allylic oxidation sites excluding steroid dienone is 6. The van der Waals surface area contributed by atoms with Crippen molar-refractivity contribution in [3.8, 4) is 0 Å². The van der Waals surface area contributed by atoms with Crippen molar-refractivity contribution in [3.05, 3.63) is 83.6 Å². The molecule has 0 saturated heterocycles. The Labute approximate surface area is 351 Å². The van der Waals surface area contributed by atoms with Crippen molar-refractivity contribution in [1.29, 1.82) is 0 Å². The van der Waals surface area contributed by atoms with Crippen molar-refractivity contribution in [2.75, 3.05) is 43.2 Å². The number of unbranched alkanes of at least 4 members (excludes halogenated alkanes) is 2. The van der Waals surface area contributed by atoms with Gasteiger partial charge in [-0.1, -0.05) is 18.2 Å². The number of ether oxygens (including phenoxy) is 1. The molecule has 3 N–H and O–H groups in total. The summed E-state index contributed by atoms with van der Waals surface area (Å²) in [5.74, 6) is 3.50. The second-order valence-electron chi connectivity index (χ2n) is 15.0. The van der Waals surface area contributed by atoms with Crippen molar-refractivity contribution in [2.45, 2.75) is 85.8 Å². The molecule has 332 valence electrons. The molecule has 4 rings (SSSR count). The standard InChI is InChI=1S/C38H52N4O14S4/c1-37(19-10-24-57(44,45)46)30-26-28(59(50,51)52)15-17-32(30)41(21-9-5-8-14-36(43)40-39)34(37)12-6-4-7-13-35-38(2,20-11-25-58(47,48)49)31-27-29(60(53,54)55)16-18-33(31)42(35)22-23-56-3/h4,6-7,12-13,15-18,26-27H,5,8-11,14,19-25,39H2,1-3H3,(H4-,40,43,44,45,46,47,48,49,50,51,52,53,54,55)/p-3. The fraction of sp³-hybridized carbons (Fsp3) is 0.474. The van der Waals surface area contributed by atoms with Crippen LogP contribution in [0.25, 0.3) is 0 Å². The summed E-state index contributed by atoms with van der Waals surface area (Å²) in [6, 6.07) is 7.88. The number of nitrogens with zero attached hydrogens (tertiary/aromatic N) is 2. The zero-order valence-electron chi connectivity index (χ0n) is 33.4. The minimum absolute atomic E-state index is 0.0777. The van der Waals surface area contributed by atoms with Crippen LogP contribution in [0.1, 0.15) is 76.3 Å². The van der Waals surface area contributed by atoms with Gasteiger partial charge in [-0.05, 0) is 94.3 Å². The van der Waals surface area contributed by atoms with E-state index in [2.05, 4.69) is 5.43 Å². The first kappa shape index (κ1) is 48.8. The van der Waals surface area contributed by atoms with Gasteiger partial charge in [0, 0.05) is 72.5 Å². The highest BCUT2D eigenvalue weighted by Gasteiger charge is 2.48. The van der Waals surface area contributed by atoms with E-state index in [-0.39, 0.29) is 51.2 Å². The lowest BCUT2D eigenvalue weighted by atomic mass is 9.76. The SMILES string of the molecule is COCCN1/C(=C/C=C/C=C/C2=[N+](CCCCCC(=O)NN)c3ccc(S(=O)(=O)[O-])cc3C2(C)CCCS(=O)(=O)[O-])C(C)(CCCS(=O)(=O)[O-])c2cc(S(=O)(=O)[O-])ccc21. The van der Waals surface area contributed by atoms with Gasteiger partial charge in [0.15, 0.2) is 5.71 Å². The van der Waals surface area contributed by atoms with E-state index in [0.717, 1.165) is 0 Å². The average molecular weight is 914 g/mol. The number of carbonyl (C=O) groups excluding carboxylic acids is 1. The Bertz CT molecular complexity index is 2520. The van der Waals surface area contributed by atoms with Gasteiger partial charge in [0.25, 0.3) is 0 Å². The van der Waals surface area contributed by atoms with E-state index in [9.17, 15) is 56.7 Å². The molecule has 2 aromatic carbocycles. The van der Waals surface area contributed by atoms with Crippen LogP contribution in [0.3, 0.4) is 0 Å². The van der Waals surface area contributed by atoms with Crippen molar-refractivity contribution < 1.29 is 66.0 Å². The van der Waals surface area contributed by atoms with Crippen molar-refractivity contribution in [3.63, 3.8) is 0 Å². The molecule has 60 heavy (non-hydrogen) atoms. The van der Waals surface area contributed by atoms with Gasteiger partial charge in [-0.15, -0.1) is 0 Å². The highest BCUT2D eigenvalue weighted by molar-refractivity contribution is 7.86. The average Bonchev–Trinajstić information content (AvgIpc) is 3.51. The monoisotopic (exact) mass is 913 g/mol. The molecule has 18 nitrogen and oxygen atoms in total. The molecule has 1 amide bonds. The third-order valence-corrected chi connectivity index (χ3v) is 14.1. The van der Waals surface area contributed by atoms with Crippen LogP contribution in [0.2, 0.25) is 0 Å². The largest absolute Gasteiger partial charge is 0.748 e. The van der Waals surface area contributed by atoms with E-state index in [0.29, 0.717) is 59.7 Å². The normalized spacial score (nSPS) is 20.5. The Morgan fingerprint density at radius 1 is 0.783 bits per heavy atom. The van der Waals surface area contributed by atoms with Gasteiger partial charge in [0.05, 0.1) is 42.0 Å². The molecule has 0 saturated carbocycles. The molecule has 2 aliphatic rings. The quantitative estimate of drug-likeness (QED) is 0.0326. The summed E-state index contributed by atoms with van der Waals surface area (Å²) >= 11 is 0. The van der Waals surface area contributed by atoms with Crippen LogP contribution >= 0.6 is 0 Å². The van der Waals surface area contributed by atoms with E-state index in [4.69, 9.17) is 10.6 Å². The first-order valence-electron chi connectivity index (χ1n) is 18.9. The zero-order chi connectivity index (χ0) is 44.7. The van der Waals surface area contributed by atoms with E-state index in [1.165, 1.54) is 43.5 Å². The van der Waals surface area contributed by atoms with Crippen LogP contribution in [0.4, 0.5) is 11.4 Å². The molecule has 2 aromatic rings. The third-order valence-electron chi connectivity index (χ3n) is 10.8. The number of hydrogen-bond donors (Lipinski definition) is 2. The highest BCUT2D eigenvalue weighted by atomic mass is 32.2. The van der Waals surface area contributed by atoms with Crippen LogP contribution in [0.15, 0.2) is 82.3 Å². The van der Waals surface area contributed by atoms with Gasteiger partial charge < -0.3 is 27.8 Å². The number of anilines is 1. The molecule has 0 bridgehead atoms. The lowest BCUT2D eigenvalue weighted by molar-refractivity contribution is -0.438. The predicted octanol–water partition coefficient (Wildman–Crippen LogP) is 2.47. The van der Waals surface area contributed by atoms with Gasteiger partial charge >= 0.3 is 0 Å². The third kappa shape index (κ3) is 12.2. The maximum atomic E-state index is 12.1. The molecule has 0 aromatic heterocycles. The number of carbonyl (C=O) groups is 1. The number of nitrogens with one attached hydrogen (secondary N) is 1. The van der Waals surface area contributed by atoms with Crippen LogP contribution in [-0.4, -0.2) is 106 Å². The molecule has 0 radical (unpaired) electrons. The van der Waals surface area contributed by atoms with Crippen LogP contribution in [0.5, 0.6) is 0 Å². The Morgan fingerprint density at radius 2 is 1.37 bits per heavy atom. The summed E-state index contributed by atoms with van der Waals surface area (Å²) in [4.78, 5) is 12.6. The second kappa shape index (κ2) is 19.5. The Balaban J connectivity index is 1.82. The minimum atomic E-state index is -4.89. The van der Waals surface area contributed by atoms with Gasteiger partial charge in [0.1, 0.15) is 26.8 Å². The highest BCUT2D eigenvalue weighted by Crippen LogP contribution is 2.51. The lowest BCUT2D eigenvalue weighted by Gasteiger charge is -2.30. The topological polar surface area (TPSA) is 299 Å². The minimum Gasteiger partial charge on any atom is -0.748 e. The number of amides is 1. The molecular weight excluding hydrogens is 865 g/mol. The van der Waals surface area contributed by atoms with E-state index < -0.39 is 72.6 Å². The smallest absolute Gasteiger partial charge is 0.233 e. The summed E-state index contributed by atoms with van der Waals surface area (Å²) in [7, 11) is -17.5. The first-order chi connectivity index (χ1) is 27.9. The molecule has 0 spiro atoms. The maximum Gasteiger partial charge on any atom is 0.233 e. The number of hydrazine groups is 1. The molecular formula is C38H49N4O14S4-3. The number of fused-ring (bicyclic) bond motifs is 2. The van der Waals surface area contributed by atoms with E-state index in [1.807, 2.05) is 9.48 Å². The molecule has 0 fully saturated rings. The van der Waals surface area contributed by atoms with E-state index >= 15 is 0 Å². The second-order valence-corrected chi connectivity index (χ2v) is 20.8. The van der Waals surface area contributed by atoms with Crippen molar-refractivity contribution in [2.24, 2.45) is 5.84 Å². The van der Waals surface area contributed by atoms with Gasteiger partial charge in [-0.2, -0.15) is 4.58 Å². The Hall–Kier alpha value is -3.84. The summed E-state index contributed by atoms with van der Waals surface area (Å²) < 4.78 is 149. The molecule has 0 aliphatic carbocycles. The number of benzene rings is 2. The predicted molar refractivity (Wildman–Crippen MR) is 217 cm³/mol. The first-order valence-corrected chi connectivity index (χ1v) is 24.9. The fourth-order valence-corrected chi connectivity index (χ4v) is 9.92. The van der Waals surface area contributed by atoms with Crippen LogP contribution in [0, 0.1) is 0 Å². The molecule has 22 heteroatoms. The number of rotatable bonds is 22. The van der Waals surface area contributed by atoms with Crippen molar-refractivity contribution in [1.82, 2.24) is 5.43 Å². The summed E-state index contributed by atoms with van der Waals surface area (Å²) in [6.07, 6.45) is 10.3. The Kier molecular flexibility index (Phi) is 15.8. The van der Waals surface area contributed by atoms with E-state index in [1.54, 1.807) is 44.2 Å². The lowest BCUT2D eigenvalue weighted by Crippen LogP contribution is -2.32. The number of methoxy groups -OCH3 is 1. The summed E-state index contributed by atoms with van der Waals surface area (Å²) in [5, 5.41) is 0. The maximum absolute atomic E-state index is 12.1. The van der Waals surface area contributed by atoms with Gasteiger partial charge in [-0.25, -0.2) is 39.5 Å². The molecule has 2 heterocycles. The van der Waals surface area contributed by atoms with Crippen LogP contribution < -0.4 is 16.2 Å². The molecule has 2 atom stereocenters. The van der Waals surface area contributed by atoms with Gasteiger partial charge in [0.2, 0.25) is 11.6 Å². The zero-order valence-corrected chi connectivity index (χ0v) is 36.6.